The lowest BCUT2D eigenvalue weighted by Gasteiger charge is -1.84. The summed E-state index contributed by atoms with van der Waals surface area (Å²) in [5, 5.41) is 2.01. The van der Waals surface area contributed by atoms with E-state index in [2.05, 4.69) is 24.6 Å². The Hall–Kier alpha value is -1.11. The Morgan fingerprint density at radius 2 is 2.50 bits per heavy atom. The van der Waals surface area contributed by atoms with Crippen molar-refractivity contribution in [2.45, 2.75) is 13.3 Å². The first-order valence-corrected chi connectivity index (χ1v) is 3.44. The van der Waals surface area contributed by atoms with Crippen molar-refractivity contribution in [3.8, 4) is 0 Å². The molecule has 1 nitrogen and oxygen atoms in total. The van der Waals surface area contributed by atoms with Gasteiger partial charge in [-0.3, -0.25) is 4.98 Å². The first kappa shape index (κ1) is 7.00. The van der Waals surface area contributed by atoms with Gasteiger partial charge in [-0.2, -0.15) is 0 Å². The summed E-state index contributed by atoms with van der Waals surface area (Å²) in [6.07, 6.45) is 4.92. The van der Waals surface area contributed by atoms with Crippen molar-refractivity contribution in [3.05, 3.63) is 28.9 Å². The molecule has 1 heterocycles. The van der Waals surface area contributed by atoms with E-state index in [-0.39, 0.29) is 0 Å². The molecule has 0 radical (unpaired) electrons. The molecular weight excluding hydrogens is 122 g/mol. The maximum Gasteiger partial charge on any atom is 0.0627 e. The van der Waals surface area contributed by atoms with Gasteiger partial charge in [0, 0.05) is 6.20 Å². The minimum absolute atomic E-state index is 0.865. The van der Waals surface area contributed by atoms with Crippen LogP contribution in [0.15, 0.2) is 18.3 Å². The van der Waals surface area contributed by atoms with Crippen LogP contribution in [0.2, 0.25) is 0 Å². The van der Waals surface area contributed by atoms with Crippen LogP contribution in [0.1, 0.15) is 13.3 Å². The average Bonchev–Trinajstić information content (AvgIpc) is 1.94. The summed E-state index contributed by atoms with van der Waals surface area (Å²) in [6, 6.07) is 3.95. The first-order valence-electron chi connectivity index (χ1n) is 3.44. The zero-order valence-electron chi connectivity index (χ0n) is 6.17. The summed E-state index contributed by atoms with van der Waals surface area (Å²) in [4.78, 5) is 4.06. The minimum Gasteiger partial charge on any atom is -0.257 e. The molecular formula is C9H11N. The van der Waals surface area contributed by atoms with Gasteiger partial charge in [-0.1, -0.05) is 25.6 Å². The van der Waals surface area contributed by atoms with E-state index in [9.17, 15) is 0 Å². The third-order valence-corrected chi connectivity index (χ3v) is 1.35. The molecule has 0 N–H and O–H groups in total. The summed E-state index contributed by atoms with van der Waals surface area (Å²) in [7, 11) is 0. The SMILES string of the molecule is C=c1nccc/c1=C/CC. The molecule has 0 aliphatic carbocycles. The second-order valence-corrected chi connectivity index (χ2v) is 2.15. The Morgan fingerprint density at radius 1 is 1.70 bits per heavy atom. The van der Waals surface area contributed by atoms with Crippen molar-refractivity contribution >= 4 is 12.7 Å². The van der Waals surface area contributed by atoms with Crippen LogP contribution in [-0.2, 0) is 0 Å². The highest BCUT2D eigenvalue weighted by atomic mass is 14.6. The van der Waals surface area contributed by atoms with Gasteiger partial charge in [0.25, 0.3) is 0 Å². The number of hydrogen-bond donors (Lipinski definition) is 0. The predicted octanol–water partition coefficient (Wildman–Crippen LogP) is 0.682. The number of pyridine rings is 1. The molecule has 52 valence electrons. The van der Waals surface area contributed by atoms with Crippen molar-refractivity contribution < 1.29 is 0 Å². The number of aromatic nitrogens is 1. The summed E-state index contributed by atoms with van der Waals surface area (Å²) >= 11 is 0. The first-order chi connectivity index (χ1) is 4.84. The van der Waals surface area contributed by atoms with Gasteiger partial charge in [-0.05, 0) is 17.7 Å². The molecule has 1 aromatic heterocycles. The molecule has 1 heteroatoms. The predicted molar refractivity (Wildman–Crippen MR) is 43.8 cm³/mol. The van der Waals surface area contributed by atoms with E-state index in [1.165, 1.54) is 0 Å². The van der Waals surface area contributed by atoms with Crippen LogP contribution in [-0.4, -0.2) is 4.98 Å². The monoisotopic (exact) mass is 133 g/mol. The van der Waals surface area contributed by atoms with E-state index < -0.39 is 0 Å². The Bertz CT molecular complexity index is 301. The van der Waals surface area contributed by atoms with Crippen LogP contribution in [0.25, 0.3) is 12.7 Å². The lowest BCUT2D eigenvalue weighted by molar-refractivity contribution is 1.20. The van der Waals surface area contributed by atoms with Crippen LogP contribution in [0.3, 0.4) is 0 Å². The Labute approximate surface area is 60.7 Å². The fourth-order valence-corrected chi connectivity index (χ4v) is 0.856. The minimum atomic E-state index is 0.865. The lowest BCUT2D eigenvalue weighted by Crippen LogP contribution is -2.25. The van der Waals surface area contributed by atoms with Crippen LogP contribution < -0.4 is 10.6 Å². The van der Waals surface area contributed by atoms with Gasteiger partial charge in [0.2, 0.25) is 0 Å². The fourth-order valence-electron chi connectivity index (χ4n) is 0.856. The van der Waals surface area contributed by atoms with E-state index in [4.69, 9.17) is 0 Å². The molecule has 0 bridgehead atoms. The maximum atomic E-state index is 4.06. The van der Waals surface area contributed by atoms with Crippen LogP contribution in [0, 0.1) is 0 Å². The van der Waals surface area contributed by atoms with Gasteiger partial charge in [0.1, 0.15) is 0 Å². The van der Waals surface area contributed by atoms with E-state index in [1.54, 1.807) is 6.20 Å². The molecule has 1 aromatic rings. The second kappa shape index (κ2) is 3.16. The van der Waals surface area contributed by atoms with Crippen molar-refractivity contribution in [1.29, 1.82) is 0 Å². The zero-order chi connectivity index (χ0) is 7.40. The van der Waals surface area contributed by atoms with Gasteiger partial charge < -0.3 is 0 Å². The third kappa shape index (κ3) is 1.44. The molecule has 0 aliphatic heterocycles. The highest BCUT2D eigenvalue weighted by Crippen LogP contribution is 1.73. The number of nitrogens with zero attached hydrogens (tertiary/aromatic N) is 1. The van der Waals surface area contributed by atoms with Crippen LogP contribution in [0.4, 0.5) is 0 Å². The summed E-state index contributed by atoms with van der Waals surface area (Å²) in [5.41, 5.74) is 0. The standard InChI is InChI=1S/C9H11N/c1-3-5-9-6-4-7-10-8(9)2/h4-7H,2-3H2,1H3/b9-5-. The van der Waals surface area contributed by atoms with Crippen molar-refractivity contribution in [1.82, 2.24) is 4.98 Å². The van der Waals surface area contributed by atoms with Crippen LogP contribution >= 0.6 is 0 Å². The third-order valence-electron chi connectivity index (χ3n) is 1.35. The molecule has 0 aliphatic rings. The Balaban J connectivity index is 3.29. The molecule has 0 spiro atoms. The Kier molecular flexibility index (Phi) is 2.21. The van der Waals surface area contributed by atoms with E-state index in [0.29, 0.717) is 0 Å². The van der Waals surface area contributed by atoms with E-state index in [0.717, 1.165) is 17.0 Å². The largest absolute Gasteiger partial charge is 0.257 e. The molecule has 0 atom stereocenters. The lowest BCUT2D eigenvalue weighted by atomic mass is 10.3. The molecule has 0 unspecified atom stereocenters. The topological polar surface area (TPSA) is 12.9 Å². The average molecular weight is 133 g/mol. The Morgan fingerprint density at radius 3 is 3.10 bits per heavy atom. The summed E-state index contributed by atoms with van der Waals surface area (Å²) < 4.78 is 0. The number of hydrogen-bond acceptors (Lipinski definition) is 1. The molecule has 0 saturated heterocycles. The highest BCUT2D eigenvalue weighted by Gasteiger charge is 1.78. The molecule has 0 aromatic carbocycles. The van der Waals surface area contributed by atoms with Gasteiger partial charge in [0.05, 0.1) is 5.35 Å². The summed E-state index contributed by atoms with van der Waals surface area (Å²) in [6.45, 7) is 5.90. The van der Waals surface area contributed by atoms with E-state index in [1.807, 2.05) is 12.1 Å². The summed E-state index contributed by atoms with van der Waals surface area (Å²) in [5.74, 6) is 0. The second-order valence-electron chi connectivity index (χ2n) is 2.15. The van der Waals surface area contributed by atoms with Crippen molar-refractivity contribution in [2.75, 3.05) is 0 Å². The fraction of sp³-hybridized carbons (Fsp3) is 0.222. The normalized spacial score (nSPS) is 11.9. The maximum absolute atomic E-state index is 4.06. The quantitative estimate of drug-likeness (QED) is 0.549. The van der Waals surface area contributed by atoms with Gasteiger partial charge in [-0.15, -0.1) is 0 Å². The van der Waals surface area contributed by atoms with Gasteiger partial charge in [-0.25, -0.2) is 0 Å². The van der Waals surface area contributed by atoms with Crippen molar-refractivity contribution in [2.24, 2.45) is 0 Å². The molecule has 0 saturated carbocycles. The molecule has 10 heavy (non-hydrogen) atoms. The van der Waals surface area contributed by atoms with Gasteiger partial charge in [0.15, 0.2) is 0 Å². The van der Waals surface area contributed by atoms with Crippen LogP contribution in [0.5, 0.6) is 0 Å². The highest BCUT2D eigenvalue weighted by molar-refractivity contribution is 5.22. The molecule has 0 amide bonds. The molecule has 0 fully saturated rings. The smallest absolute Gasteiger partial charge is 0.0627 e. The van der Waals surface area contributed by atoms with Crippen molar-refractivity contribution in [3.63, 3.8) is 0 Å². The number of rotatable bonds is 1. The zero-order valence-corrected chi connectivity index (χ0v) is 6.17. The molecule has 1 rings (SSSR count). The van der Waals surface area contributed by atoms with E-state index >= 15 is 0 Å². The van der Waals surface area contributed by atoms with Gasteiger partial charge >= 0.3 is 0 Å².